The Balaban J connectivity index is 1.49. The molecule has 1 fully saturated rings. The molecule has 0 bridgehead atoms. The lowest BCUT2D eigenvalue weighted by Crippen LogP contribution is -2.49. The molecule has 0 atom stereocenters. The predicted molar refractivity (Wildman–Crippen MR) is 96.3 cm³/mol. The summed E-state index contributed by atoms with van der Waals surface area (Å²) in [7, 11) is 0. The van der Waals surface area contributed by atoms with Gasteiger partial charge in [0.25, 0.3) is 0 Å². The highest BCUT2D eigenvalue weighted by Crippen LogP contribution is 2.17. The molecule has 0 aliphatic carbocycles. The Hall–Kier alpha value is -1.99. The van der Waals surface area contributed by atoms with E-state index in [1.54, 1.807) is 0 Å². The molecule has 1 aliphatic heterocycles. The molecule has 1 aromatic carbocycles. The van der Waals surface area contributed by atoms with Gasteiger partial charge in [-0.15, -0.1) is 10.2 Å². The number of carbonyl (C=O) groups excluding carboxylic acids is 1. The highest BCUT2D eigenvalue weighted by molar-refractivity contribution is 7.15. The Morgan fingerprint density at radius 3 is 2.62 bits per heavy atom. The van der Waals surface area contributed by atoms with Crippen LogP contribution in [0.15, 0.2) is 24.3 Å². The number of hydrogen-bond donors (Lipinski definition) is 1. The standard InChI is InChI=1S/C17H23N5OS/c1-3-15-19-20-16(24-15)18-17(23)22-10-8-21(9-11-22)12-14-7-5-4-6-13(14)2/h4-7H,3,8-12H2,1-2H3,(H,18,20,23). The summed E-state index contributed by atoms with van der Waals surface area (Å²) < 4.78 is 0. The van der Waals surface area contributed by atoms with Gasteiger partial charge in [-0.25, -0.2) is 4.79 Å². The Bertz CT molecular complexity index is 694. The molecule has 1 saturated heterocycles. The van der Waals surface area contributed by atoms with E-state index in [0.29, 0.717) is 5.13 Å². The van der Waals surface area contributed by atoms with Crippen LogP contribution >= 0.6 is 11.3 Å². The van der Waals surface area contributed by atoms with E-state index in [1.807, 2.05) is 11.8 Å². The number of amides is 2. The smallest absolute Gasteiger partial charge is 0.322 e. The summed E-state index contributed by atoms with van der Waals surface area (Å²) >= 11 is 1.44. The van der Waals surface area contributed by atoms with Crippen LogP contribution in [0.4, 0.5) is 9.93 Å². The maximum absolute atomic E-state index is 12.3. The number of nitrogens with one attached hydrogen (secondary N) is 1. The zero-order valence-corrected chi connectivity index (χ0v) is 15.0. The van der Waals surface area contributed by atoms with Crippen LogP contribution in [0.1, 0.15) is 23.1 Å². The molecule has 6 nitrogen and oxygen atoms in total. The number of benzene rings is 1. The van der Waals surface area contributed by atoms with Gasteiger partial charge in [0.05, 0.1) is 0 Å². The Kier molecular flexibility index (Phi) is 5.42. The molecule has 1 aliphatic rings. The molecule has 0 unspecified atom stereocenters. The lowest BCUT2D eigenvalue weighted by Gasteiger charge is -2.34. The van der Waals surface area contributed by atoms with Gasteiger partial charge in [0, 0.05) is 32.7 Å². The molecule has 0 spiro atoms. The minimum absolute atomic E-state index is 0.0793. The number of aromatic nitrogens is 2. The summed E-state index contributed by atoms with van der Waals surface area (Å²) in [5, 5.41) is 12.4. The van der Waals surface area contributed by atoms with E-state index >= 15 is 0 Å². The van der Waals surface area contributed by atoms with Crippen molar-refractivity contribution < 1.29 is 4.79 Å². The van der Waals surface area contributed by atoms with Crippen LogP contribution in [0.25, 0.3) is 0 Å². The third-order valence-corrected chi connectivity index (χ3v) is 5.28. The highest BCUT2D eigenvalue weighted by atomic mass is 32.1. The summed E-state index contributed by atoms with van der Waals surface area (Å²) in [6.45, 7) is 8.36. The van der Waals surface area contributed by atoms with E-state index in [4.69, 9.17) is 0 Å². The van der Waals surface area contributed by atoms with Gasteiger partial charge in [0.1, 0.15) is 5.01 Å². The number of aryl methyl sites for hydroxylation is 2. The minimum Gasteiger partial charge on any atom is -0.322 e. The predicted octanol–water partition coefficient (Wildman–Crippen LogP) is 2.76. The molecule has 2 amide bonds. The van der Waals surface area contributed by atoms with Crippen molar-refractivity contribution in [3.8, 4) is 0 Å². The number of anilines is 1. The van der Waals surface area contributed by atoms with Crippen LogP contribution in [0, 0.1) is 6.92 Å². The lowest BCUT2D eigenvalue weighted by atomic mass is 10.1. The first-order valence-corrected chi connectivity index (χ1v) is 9.12. The summed E-state index contributed by atoms with van der Waals surface area (Å²) in [5.41, 5.74) is 2.68. The van der Waals surface area contributed by atoms with Crippen molar-refractivity contribution in [2.45, 2.75) is 26.8 Å². The molecule has 7 heteroatoms. The monoisotopic (exact) mass is 345 g/mol. The molecular formula is C17H23N5OS. The van der Waals surface area contributed by atoms with E-state index in [1.165, 1.54) is 22.5 Å². The van der Waals surface area contributed by atoms with Crippen molar-refractivity contribution in [3.63, 3.8) is 0 Å². The van der Waals surface area contributed by atoms with Crippen molar-refractivity contribution >= 4 is 22.5 Å². The molecule has 128 valence electrons. The maximum atomic E-state index is 12.3. The Morgan fingerprint density at radius 1 is 1.21 bits per heavy atom. The first-order valence-electron chi connectivity index (χ1n) is 8.31. The second-order valence-electron chi connectivity index (χ2n) is 5.97. The number of hydrogen-bond acceptors (Lipinski definition) is 5. The van der Waals surface area contributed by atoms with Crippen LogP contribution in [0.5, 0.6) is 0 Å². The van der Waals surface area contributed by atoms with E-state index in [9.17, 15) is 4.79 Å². The first kappa shape index (κ1) is 16.9. The van der Waals surface area contributed by atoms with Crippen LogP contribution < -0.4 is 5.32 Å². The normalized spacial score (nSPS) is 15.5. The summed E-state index contributed by atoms with van der Waals surface area (Å²) in [6.07, 6.45) is 0.838. The highest BCUT2D eigenvalue weighted by Gasteiger charge is 2.22. The van der Waals surface area contributed by atoms with Crippen molar-refractivity contribution in [3.05, 3.63) is 40.4 Å². The van der Waals surface area contributed by atoms with Crippen molar-refractivity contribution in [2.75, 3.05) is 31.5 Å². The largest absolute Gasteiger partial charge is 0.323 e. The Labute approximate surface area is 146 Å². The zero-order chi connectivity index (χ0) is 16.9. The molecule has 24 heavy (non-hydrogen) atoms. The summed E-state index contributed by atoms with van der Waals surface area (Å²) in [4.78, 5) is 16.6. The van der Waals surface area contributed by atoms with E-state index < -0.39 is 0 Å². The van der Waals surface area contributed by atoms with Gasteiger partial charge >= 0.3 is 6.03 Å². The van der Waals surface area contributed by atoms with Crippen molar-refractivity contribution in [1.82, 2.24) is 20.0 Å². The second-order valence-corrected chi connectivity index (χ2v) is 7.04. The number of nitrogens with zero attached hydrogens (tertiary/aromatic N) is 4. The van der Waals surface area contributed by atoms with Gasteiger partial charge in [-0.2, -0.15) is 0 Å². The molecule has 1 N–H and O–H groups in total. The first-order chi connectivity index (χ1) is 11.7. The third-order valence-electron chi connectivity index (χ3n) is 4.30. The molecule has 3 rings (SSSR count). The summed E-state index contributed by atoms with van der Waals surface area (Å²) in [5.74, 6) is 0. The van der Waals surface area contributed by atoms with Gasteiger partial charge in [0.2, 0.25) is 5.13 Å². The van der Waals surface area contributed by atoms with E-state index in [0.717, 1.165) is 44.2 Å². The average molecular weight is 345 g/mol. The number of carbonyl (C=O) groups is 1. The maximum Gasteiger partial charge on any atom is 0.323 e. The van der Waals surface area contributed by atoms with Crippen LogP contribution in [0.2, 0.25) is 0 Å². The fourth-order valence-corrected chi connectivity index (χ4v) is 3.42. The Morgan fingerprint density at radius 2 is 1.96 bits per heavy atom. The molecule has 1 aromatic heterocycles. The zero-order valence-electron chi connectivity index (χ0n) is 14.2. The fourth-order valence-electron chi connectivity index (χ4n) is 2.75. The van der Waals surface area contributed by atoms with Gasteiger partial charge in [0.15, 0.2) is 0 Å². The van der Waals surface area contributed by atoms with E-state index in [2.05, 4.69) is 51.6 Å². The molecule has 0 saturated carbocycles. The van der Waals surface area contributed by atoms with Crippen molar-refractivity contribution in [1.29, 1.82) is 0 Å². The third kappa shape index (κ3) is 4.10. The minimum atomic E-state index is -0.0793. The van der Waals surface area contributed by atoms with Crippen molar-refractivity contribution in [2.24, 2.45) is 0 Å². The van der Waals surface area contributed by atoms with Gasteiger partial charge in [-0.1, -0.05) is 42.5 Å². The molecular weight excluding hydrogens is 322 g/mol. The second kappa shape index (κ2) is 7.72. The molecule has 2 heterocycles. The van der Waals surface area contributed by atoms with Crippen LogP contribution in [0.3, 0.4) is 0 Å². The van der Waals surface area contributed by atoms with Gasteiger partial charge < -0.3 is 4.90 Å². The topological polar surface area (TPSA) is 61.4 Å². The molecule has 0 radical (unpaired) electrons. The fraction of sp³-hybridized carbons (Fsp3) is 0.471. The number of urea groups is 1. The number of piperazine rings is 1. The SMILES string of the molecule is CCc1nnc(NC(=O)N2CCN(Cc3ccccc3C)CC2)s1. The van der Waals surface area contributed by atoms with E-state index in [-0.39, 0.29) is 6.03 Å². The number of rotatable bonds is 4. The summed E-state index contributed by atoms with van der Waals surface area (Å²) in [6, 6.07) is 8.39. The van der Waals surface area contributed by atoms with Crippen LogP contribution in [-0.2, 0) is 13.0 Å². The van der Waals surface area contributed by atoms with Crippen LogP contribution in [-0.4, -0.2) is 52.2 Å². The molecule has 2 aromatic rings. The van der Waals surface area contributed by atoms with Gasteiger partial charge in [-0.05, 0) is 24.5 Å². The lowest BCUT2D eigenvalue weighted by molar-refractivity contribution is 0.143. The van der Waals surface area contributed by atoms with Gasteiger partial charge in [-0.3, -0.25) is 10.2 Å². The average Bonchev–Trinajstić information content (AvgIpc) is 3.05. The quantitative estimate of drug-likeness (QED) is 0.925.